The van der Waals surface area contributed by atoms with Crippen LogP contribution in [0.4, 0.5) is 4.39 Å². The molecule has 4 rings (SSSR count). The summed E-state index contributed by atoms with van der Waals surface area (Å²) in [6, 6.07) is 13.5. The van der Waals surface area contributed by atoms with Crippen LogP contribution < -0.4 is 10.1 Å². The van der Waals surface area contributed by atoms with E-state index < -0.39 is 0 Å². The molecule has 2 unspecified atom stereocenters. The molecule has 25 heavy (non-hydrogen) atoms. The predicted molar refractivity (Wildman–Crippen MR) is 95.5 cm³/mol. The summed E-state index contributed by atoms with van der Waals surface area (Å²) in [5.74, 6) is 0.532. The van der Waals surface area contributed by atoms with Crippen molar-refractivity contribution >= 4 is 0 Å². The first-order valence-corrected chi connectivity index (χ1v) is 9.06. The van der Waals surface area contributed by atoms with Gasteiger partial charge < -0.3 is 14.8 Å². The van der Waals surface area contributed by atoms with Gasteiger partial charge in [-0.05, 0) is 37.3 Å². The molecular weight excluding hydrogens is 317 g/mol. The van der Waals surface area contributed by atoms with E-state index in [-0.39, 0.29) is 18.0 Å². The third-order valence-corrected chi connectivity index (χ3v) is 4.96. The SMILES string of the molecule is Cc1ccc(C(Oc2c(F)cccc2C2CC2)C2CNCCO2)cc1. The molecule has 1 saturated carbocycles. The summed E-state index contributed by atoms with van der Waals surface area (Å²) < 4.78 is 26.8. The zero-order valence-corrected chi connectivity index (χ0v) is 14.5. The lowest BCUT2D eigenvalue weighted by molar-refractivity contribution is -0.0445. The normalized spacial score (nSPS) is 21.8. The maximum Gasteiger partial charge on any atom is 0.165 e. The Morgan fingerprint density at radius 1 is 1.16 bits per heavy atom. The Morgan fingerprint density at radius 3 is 2.64 bits per heavy atom. The smallest absolute Gasteiger partial charge is 0.165 e. The van der Waals surface area contributed by atoms with E-state index in [9.17, 15) is 4.39 Å². The van der Waals surface area contributed by atoms with Crippen LogP contribution in [0.5, 0.6) is 5.75 Å². The van der Waals surface area contributed by atoms with Crippen LogP contribution >= 0.6 is 0 Å². The van der Waals surface area contributed by atoms with Gasteiger partial charge in [0.25, 0.3) is 0 Å². The van der Waals surface area contributed by atoms with E-state index in [0.29, 0.717) is 24.8 Å². The van der Waals surface area contributed by atoms with E-state index in [1.54, 1.807) is 6.07 Å². The number of morpholine rings is 1. The van der Waals surface area contributed by atoms with Crippen molar-refractivity contribution in [2.24, 2.45) is 0 Å². The molecule has 3 nitrogen and oxygen atoms in total. The number of hydrogen-bond acceptors (Lipinski definition) is 3. The monoisotopic (exact) mass is 341 g/mol. The largest absolute Gasteiger partial charge is 0.480 e. The van der Waals surface area contributed by atoms with Crippen LogP contribution in [0.2, 0.25) is 0 Å². The van der Waals surface area contributed by atoms with Crippen molar-refractivity contribution in [3.63, 3.8) is 0 Å². The molecule has 2 aromatic carbocycles. The van der Waals surface area contributed by atoms with Crippen LogP contribution in [0.15, 0.2) is 42.5 Å². The quantitative estimate of drug-likeness (QED) is 0.887. The van der Waals surface area contributed by atoms with Gasteiger partial charge in [0.15, 0.2) is 17.7 Å². The summed E-state index contributed by atoms with van der Waals surface area (Å²) in [5.41, 5.74) is 3.19. The minimum atomic E-state index is -0.331. The maximum atomic E-state index is 14.6. The zero-order chi connectivity index (χ0) is 17.2. The number of aryl methyl sites for hydroxylation is 1. The molecule has 1 heterocycles. The molecule has 0 amide bonds. The highest BCUT2D eigenvalue weighted by molar-refractivity contribution is 5.40. The van der Waals surface area contributed by atoms with E-state index in [1.165, 1.54) is 11.6 Å². The molecule has 0 aromatic heterocycles. The molecule has 1 aliphatic carbocycles. The van der Waals surface area contributed by atoms with Crippen molar-refractivity contribution in [2.75, 3.05) is 19.7 Å². The van der Waals surface area contributed by atoms with Gasteiger partial charge in [0.2, 0.25) is 0 Å². The Hall–Kier alpha value is -1.91. The lowest BCUT2D eigenvalue weighted by Gasteiger charge is -2.32. The van der Waals surface area contributed by atoms with Gasteiger partial charge in [0.05, 0.1) is 6.61 Å². The van der Waals surface area contributed by atoms with Gasteiger partial charge in [-0.2, -0.15) is 0 Å². The number of para-hydroxylation sites is 1. The molecule has 0 radical (unpaired) electrons. The first-order chi connectivity index (χ1) is 12.2. The highest BCUT2D eigenvalue weighted by Crippen LogP contribution is 2.46. The Labute approximate surface area is 148 Å². The summed E-state index contributed by atoms with van der Waals surface area (Å²) in [7, 11) is 0. The third-order valence-electron chi connectivity index (χ3n) is 4.96. The van der Waals surface area contributed by atoms with Crippen LogP contribution in [-0.2, 0) is 4.74 Å². The number of nitrogens with one attached hydrogen (secondary N) is 1. The van der Waals surface area contributed by atoms with E-state index in [1.807, 2.05) is 6.07 Å². The van der Waals surface area contributed by atoms with Crippen molar-refractivity contribution in [1.29, 1.82) is 0 Å². The zero-order valence-electron chi connectivity index (χ0n) is 14.5. The van der Waals surface area contributed by atoms with Crippen molar-refractivity contribution in [3.05, 3.63) is 65.0 Å². The van der Waals surface area contributed by atoms with Gasteiger partial charge in [-0.15, -0.1) is 0 Å². The topological polar surface area (TPSA) is 30.5 Å². The summed E-state index contributed by atoms with van der Waals surface area (Å²) in [5, 5.41) is 3.35. The molecule has 0 spiro atoms. The summed E-state index contributed by atoms with van der Waals surface area (Å²) in [6.45, 7) is 4.24. The predicted octanol–water partition coefficient (Wildman–Crippen LogP) is 4.12. The van der Waals surface area contributed by atoms with Crippen LogP contribution in [0.25, 0.3) is 0 Å². The van der Waals surface area contributed by atoms with E-state index in [2.05, 4.69) is 36.5 Å². The maximum absolute atomic E-state index is 14.6. The molecular formula is C21H24FNO2. The second-order valence-corrected chi connectivity index (χ2v) is 6.99. The van der Waals surface area contributed by atoms with Gasteiger partial charge in [0, 0.05) is 18.7 Å². The number of ether oxygens (including phenoxy) is 2. The number of rotatable bonds is 5. The third kappa shape index (κ3) is 3.70. The van der Waals surface area contributed by atoms with Crippen LogP contribution in [0, 0.1) is 12.7 Å². The molecule has 1 N–H and O–H groups in total. The first kappa shape index (κ1) is 16.6. The van der Waals surface area contributed by atoms with E-state index in [4.69, 9.17) is 9.47 Å². The van der Waals surface area contributed by atoms with Gasteiger partial charge in [-0.3, -0.25) is 0 Å². The van der Waals surface area contributed by atoms with Crippen molar-refractivity contribution in [2.45, 2.75) is 37.9 Å². The average molecular weight is 341 g/mol. The van der Waals surface area contributed by atoms with Crippen LogP contribution in [-0.4, -0.2) is 25.8 Å². The fourth-order valence-corrected chi connectivity index (χ4v) is 3.39. The number of hydrogen-bond donors (Lipinski definition) is 1. The summed E-state index contributed by atoms with van der Waals surface area (Å²) in [6.07, 6.45) is 1.75. The van der Waals surface area contributed by atoms with E-state index in [0.717, 1.165) is 30.5 Å². The molecule has 0 bridgehead atoms. The molecule has 1 saturated heterocycles. The standard InChI is InChI=1S/C21H24FNO2/c1-14-5-7-16(8-6-14)20(19-13-23-11-12-24-19)25-21-17(15-9-10-15)3-2-4-18(21)22/h2-8,15,19-20,23H,9-13H2,1H3. The van der Waals surface area contributed by atoms with Crippen LogP contribution in [0.3, 0.4) is 0 Å². The number of halogens is 1. The van der Waals surface area contributed by atoms with Crippen molar-refractivity contribution < 1.29 is 13.9 Å². The highest BCUT2D eigenvalue weighted by Gasteiger charge is 2.33. The van der Waals surface area contributed by atoms with Gasteiger partial charge >= 0.3 is 0 Å². The second-order valence-electron chi connectivity index (χ2n) is 6.99. The molecule has 4 heteroatoms. The summed E-state index contributed by atoms with van der Waals surface area (Å²) >= 11 is 0. The van der Waals surface area contributed by atoms with Crippen LogP contribution in [0.1, 0.15) is 41.6 Å². The van der Waals surface area contributed by atoms with Crippen molar-refractivity contribution in [3.8, 4) is 5.75 Å². The minimum absolute atomic E-state index is 0.136. The first-order valence-electron chi connectivity index (χ1n) is 9.06. The molecule has 2 fully saturated rings. The van der Waals surface area contributed by atoms with Crippen molar-refractivity contribution in [1.82, 2.24) is 5.32 Å². The Morgan fingerprint density at radius 2 is 1.96 bits per heavy atom. The lowest BCUT2D eigenvalue weighted by Crippen LogP contribution is -2.43. The Bertz CT molecular complexity index is 721. The highest BCUT2D eigenvalue weighted by atomic mass is 19.1. The molecule has 2 atom stereocenters. The summed E-state index contributed by atoms with van der Waals surface area (Å²) in [4.78, 5) is 0. The molecule has 1 aliphatic heterocycles. The lowest BCUT2D eigenvalue weighted by atomic mass is 10.0. The van der Waals surface area contributed by atoms with E-state index >= 15 is 0 Å². The van der Waals surface area contributed by atoms with Gasteiger partial charge in [0.1, 0.15) is 6.10 Å². The molecule has 2 aromatic rings. The minimum Gasteiger partial charge on any atom is -0.480 e. The fourth-order valence-electron chi connectivity index (χ4n) is 3.39. The molecule has 132 valence electrons. The average Bonchev–Trinajstić information content (AvgIpc) is 3.47. The Kier molecular flexibility index (Phi) is 4.73. The van der Waals surface area contributed by atoms with Gasteiger partial charge in [-0.1, -0.05) is 42.0 Å². The Balaban J connectivity index is 1.67. The molecule has 2 aliphatic rings. The fraction of sp³-hybridized carbons (Fsp3) is 0.429. The number of benzene rings is 2. The van der Waals surface area contributed by atoms with Gasteiger partial charge in [-0.25, -0.2) is 4.39 Å². The second kappa shape index (κ2) is 7.14.